The average molecular weight is 266 g/mol. The van der Waals surface area contributed by atoms with E-state index in [0.29, 0.717) is 5.41 Å². The molecule has 2 saturated carbocycles. The van der Waals surface area contributed by atoms with Gasteiger partial charge < -0.3 is 5.73 Å². The van der Waals surface area contributed by atoms with Gasteiger partial charge in [0.15, 0.2) is 0 Å². The first-order valence-corrected chi connectivity index (χ1v) is 8.12. The summed E-state index contributed by atoms with van der Waals surface area (Å²) in [6, 6.07) is 0.885. The third-order valence-electron chi connectivity index (χ3n) is 5.40. The van der Waals surface area contributed by atoms with Gasteiger partial charge >= 0.3 is 0 Å². The highest BCUT2D eigenvalue weighted by Crippen LogP contribution is 2.51. The number of likely N-dealkylation sites (tertiary alicyclic amines) is 1. The SMILES string of the molecule is NC(=S)CC1(CN2CCCC2C2CCCC2)CC1. The Hall–Kier alpha value is -0.150. The third kappa shape index (κ3) is 2.72. The molecule has 1 atom stereocenters. The number of hydrogen-bond donors (Lipinski definition) is 1. The molecule has 0 amide bonds. The van der Waals surface area contributed by atoms with Gasteiger partial charge in [-0.3, -0.25) is 4.90 Å². The van der Waals surface area contributed by atoms with Crippen LogP contribution in [0.5, 0.6) is 0 Å². The molecule has 0 aromatic heterocycles. The lowest BCUT2D eigenvalue weighted by Gasteiger charge is -2.32. The van der Waals surface area contributed by atoms with Gasteiger partial charge in [0, 0.05) is 19.0 Å². The number of nitrogens with two attached hydrogens (primary N) is 1. The van der Waals surface area contributed by atoms with Gasteiger partial charge in [0.1, 0.15) is 0 Å². The predicted octanol–water partition coefficient (Wildman–Crippen LogP) is 3.10. The molecule has 3 rings (SSSR count). The van der Waals surface area contributed by atoms with E-state index in [1.54, 1.807) is 0 Å². The molecule has 18 heavy (non-hydrogen) atoms. The van der Waals surface area contributed by atoms with Gasteiger partial charge in [-0.2, -0.15) is 0 Å². The Balaban J connectivity index is 1.59. The van der Waals surface area contributed by atoms with E-state index in [9.17, 15) is 0 Å². The summed E-state index contributed by atoms with van der Waals surface area (Å²) in [4.78, 5) is 3.52. The van der Waals surface area contributed by atoms with Crippen molar-refractivity contribution in [3.63, 3.8) is 0 Å². The fraction of sp³-hybridized carbons (Fsp3) is 0.933. The number of hydrogen-bond acceptors (Lipinski definition) is 2. The van der Waals surface area contributed by atoms with E-state index in [1.165, 1.54) is 64.5 Å². The molecule has 102 valence electrons. The zero-order chi connectivity index (χ0) is 12.6. The minimum atomic E-state index is 0.479. The zero-order valence-corrected chi connectivity index (χ0v) is 12.2. The minimum absolute atomic E-state index is 0.479. The number of nitrogens with zero attached hydrogens (tertiary/aromatic N) is 1. The van der Waals surface area contributed by atoms with Crippen LogP contribution in [0.15, 0.2) is 0 Å². The Morgan fingerprint density at radius 2 is 1.89 bits per heavy atom. The van der Waals surface area contributed by atoms with Gasteiger partial charge in [0.05, 0.1) is 4.99 Å². The molecule has 1 aliphatic heterocycles. The highest BCUT2D eigenvalue weighted by molar-refractivity contribution is 7.80. The Labute approximate surface area is 116 Å². The van der Waals surface area contributed by atoms with Crippen molar-refractivity contribution in [3.05, 3.63) is 0 Å². The Kier molecular flexibility index (Phi) is 3.63. The highest BCUT2D eigenvalue weighted by atomic mass is 32.1. The van der Waals surface area contributed by atoms with Gasteiger partial charge in [-0.25, -0.2) is 0 Å². The monoisotopic (exact) mass is 266 g/mol. The predicted molar refractivity (Wildman–Crippen MR) is 79.6 cm³/mol. The minimum Gasteiger partial charge on any atom is -0.393 e. The highest BCUT2D eigenvalue weighted by Gasteiger charge is 2.46. The fourth-order valence-corrected chi connectivity index (χ4v) is 4.60. The van der Waals surface area contributed by atoms with Crippen molar-refractivity contribution in [1.29, 1.82) is 0 Å². The molecule has 0 spiro atoms. The standard InChI is InChI=1S/C15H26N2S/c16-14(18)10-15(7-8-15)11-17-9-3-6-13(17)12-4-1-2-5-12/h12-13H,1-11H2,(H2,16,18). The van der Waals surface area contributed by atoms with E-state index in [0.717, 1.165) is 23.4 Å². The van der Waals surface area contributed by atoms with Crippen LogP contribution in [0.25, 0.3) is 0 Å². The van der Waals surface area contributed by atoms with E-state index in [1.807, 2.05) is 0 Å². The van der Waals surface area contributed by atoms with Gasteiger partial charge in [-0.05, 0) is 56.4 Å². The molecule has 0 aromatic rings. The van der Waals surface area contributed by atoms with Gasteiger partial charge in [0.25, 0.3) is 0 Å². The van der Waals surface area contributed by atoms with Crippen LogP contribution in [0, 0.1) is 11.3 Å². The fourth-order valence-electron chi connectivity index (χ4n) is 4.29. The number of thiocarbonyl (C=S) groups is 1. The summed E-state index contributed by atoms with van der Waals surface area (Å²) in [5, 5.41) is 0. The van der Waals surface area contributed by atoms with Crippen LogP contribution in [-0.4, -0.2) is 29.0 Å². The molecule has 2 nitrogen and oxygen atoms in total. The molecule has 0 radical (unpaired) electrons. The molecule has 0 bridgehead atoms. The van der Waals surface area contributed by atoms with Crippen LogP contribution in [0.4, 0.5) is 0 Å². The lowest BCUT2D eigenvalue weighted by atomic mass is 9.94. The summed E-state index contributed by atoms with van der Waals surface area (Å²) < 4.78 is 0. The molecule has 1 unspecified atom stereocenters. The smallest absolute Gasteiger partial charge is 0.0733 e. The van der Waals surface area contributed by atoms with Crippen molar-refractivity contribution in [2.45, 2.75) is 63.8 Å². The normalized spacial score (nSPS) is 31.9. The molecule has 3 fully saturated rings. The van der Waals surface area contributed by atoms with Crippen molar-refractivity contribution in [2.24, 2.45) is 17.1 Å². The first-order valence-electron chi connectivity index (χ1n) is 7.71. The Morgan fingerprint density at radius 3 is 2.50 bits per heavy atom. The Morgan fingerprint density at radius 1 is 1.17 bits per heavy atom. The van der Waals surface area contributed by atoms with Crippen molar-refractivity contribution < 1.29 is 0 Å². The van der Waals surface area contributed by atoms with Gasteiger partial charge in [-0.15, -0.1) is 0 Å². The molecule has 2 aliphatic carbocycles. The largest absolute Gasteiger partial charge is 0.393 e. The Bertz CT molecular complexity index is 318. The van der Waals surface area contributed by atoms with E-state index in [-0.39, 0.29) is 0 Å². The topological polar surface area (TPSA) is 29.3 Å². The van der Waals surface area contributed by atoms with Crippen LogP contribution in [0.1, 0.15) is 57.8 Å². The van der Waals surface area contributed by atoms with Crippen LogP contribution >= 0.6 is 12.2 Å². The quantitative estimate of drug-likeness (QED) is 0.775. The maximum atomic E-state index is 5.76. The zero-order valence-electron chi connectivity index (χ0n) is 11.4. The second-order valence-corrected chi connectivity index (χ2v) is 7.39. The lowest BCUT2D eigenvalue weighted by Crippen LogP contribution is -2.39. The molecule has 1 saturated heterocycles. The summed E-state index contributed by atoms with van der Waals surface area (Å²) in [5.74, 6) is 0.994. The molecule has 3 aliphatic rings. The molecule has 2 N–H and O–H groups in total. The maximum Gasteiger partial charge on any atom is 0.0733 e. The summed E-state index contributed by atoms with van der Waals surface area (Å²) in [6.45, 7) is 2.59. The van der Waals surface area contributed by atoms with Crippen LogP contribution in [-0.2, 0) is 0 Å². The second-order valence-electron chi connectivity index (χ2n) is 6.87. The second kappa shape index (κ2) is 5.09. The van der Waals surface area contributed by atoms with Crippen LogP contribution < -0.4 is 5.73 Å². The molecule has 0 aromatic carbocycles. The van der Waals surface area contributed by atoms with E-state index < -0.39 is 0 Å². The van der Waals surface area contributed by atoms with E-state index in [4.69, 9.17) is 18.0 Å². The van der Waals surface area contributed by atoms with Crippen molar-refractivity contribution in [1.82, 2.24) is 4.90 Å². The molecular weight excluding hydrogens is 240 g/mol. The number of rotatable bonds is 5. The molecule has 1 heterocycles. The van der Waals surface area contributed by atoms with E-state index >= 15 is 0 Å². The van der Waals surface area contributed by atoms with Gasteiger partial charge in [-0.1, -0.05) is 25.1 Å². The third-order valence-corrected chi connectivity index (χ3v) is 5.55. The first kappa shape index (κ1) is 12.9. The summed E-state index contributed by atoms with van der Waals surface area (Å²) in [6.07, 6.45) is 12.4. The van der Waals surface area contributed by atoms with Crippen molar-refractivity contribution in [2.75, 3.05) is 13.1 Å². The summed E-state index contributed by atoms with van der Waals surface area (Å²) >= 11 is 5.12. The average Bonchev–Trinajstić information content (AvgIpc) is 2.78. The first-order chi connectivity index (χ1) is 8.69. The van der Waals surface area contributed by atoms with Crippen LogP contribution in [0.2, 0.25) is 0 Å². The van der Waals surface area contributed by atoms with Crippen molar-refractivity contribution >= 4 is 17.2 Å². The summed E-state index contributed by atoms with van der Waals surface area (Å²) in [7, 11) is 0. The van der Waals surface area contributed by atoms with Crippen molar-refractivity contribution in [3.8, 4) is 0 Å². The lowest BCUT2D eigenvalue weighted by molar-refractivity contribution is 0.158. The molecule has 3 heteroatoms. The van der Waals surface area contributed by atoms with Crippen LogP contribution in [0.3, 0.4) is 0 Å². The van der Waals surface area contributed by atoms with E-state index in [2.05, 4.69) is 4.90 Å². The van der Waals surface area contributed by atoms with Gasteiger partial charge in [0.2, 0.25) is 0 Å². The molecular formula is C15H26N2S. The summed E-state index contributed by atoms with van der Waals surface area (Å²) in [5.41, 5.74) is 6.24. The maximum absolute atomic E-state index is 5.76.